The van der Waals surface area contributed by atoms with Gasteiger partial charge in [-0.1, -0.05) is 65.2 Å². The lowest BCUT2D eigenvalue weighted by Crippen LogP contribution is -2.08. The van der Waals surface area contributed by atoms with Gasteiger partial charge in [-0.15, -0.1) is 0 Å². The summed E-state index contributed by atoms with van der Waals surface area (Å²) in [6.07, 6.45) is 17.7. The first kappa shape index (κ1) is 16.7. The van der Waals surface area contributed by atoms with E-state index < -0.39 is 0 Å². The van der Waals surface area contributed by atoms with Crippen LogP contribution in [0, 0.1) is 0 Å². The Balaban J connectivity index is 3.06. The van der Waals surface area contributed by atoms with Gasteiger partial charge in [0.15, 0.2) is 0 Å². The van der Waals surface area contributed by atoms with E-state index in [0.717, 1.165) is 6.42 Å². The Bertz CT molecular complexity index is 172. The molecule has 0 amide bonds. The van der Waals surface area contributed by atoms with Gasteiger partial charge in [0, 0.05) is 12.8 Å². The van der Waals surface area contributed by atoms with Crippen LogP contribution in [0.5, 0.6) is 0 Å². The summed E-state index contributed by atoms with van der Waals surface area (Å²) < 4.78 is 2.34. The molecular formula is C16H34N+. The highest BCUT2D eigenvalue weighted by molar-refractivity contribution is 5.50. The van der Waals surface area contributed by atoms with Crippen molar-refractivity contribution in [2.75, 3.05) is 13.6 Å². The second-order valence-corrected chi connectivity index (χ2v) is 5.25. The van der Waals surface area contributed by atoms with Crippen molar-refractivity contribution in [3.8, 4) is 0 Å². The van der Waals surface area contributed by atoms with Gasteiger partial charge in [0.05, 0.1) is 0 Å². The summed E-state index contributed by atoms with van der Waals surface area (Å²) in [5, 5.41) is 0. The maximum absolute atomic E-state index is 2.34. The molecule has 0 aliphatic carbocycles. The molecule has 0 fully saturated rings. The van der Waals surface area contributed by atoms with Crippen LogP contribution in [0.3, 0.4) is 0 Å². The van der Waals surface area contributed by atoms with Gasteiger partial charge in [0.1, 0.15) is 19.8 Å². The Morgan fingerprint density at radius 3 is 1.65 bits per heavy atom. The first-order valence-electron chi connectivity index (χ1n) is 7.84. The van der Waals surface area contributed by atoms with Gasteiger partial charge in [0.2, 0.25) is 0 Å². The van der Waals surface area contributed by atoms with Crippen LogP contribution in [0.15, 0.2) is 0 Å². The van der Waals surface area contributed by atoms with Gasteiger partial charge in [-0.25, -0.2) is 4.58 Å². The van der Waals surface area contributed by atoms with Gasteiger partial charge in [-0.3, -0.25) is 0 Å². The molecule has 0 bridgehead atoms. The molecule has 0 rings (SSSR count). The number of rotatable bonds is 12. The van der Waals surface area contributed by atoms with Crippen LogP contribution >= 0.6 is 0 Å². The van der Waals surface area contributed by atoms with E-state index in [4.69, 9.17) is 0 Å². The normalized spacial score (nSPS) is 12.1. The fourth-order valence-electron chi connectivity index (χ4n) is 2.25. The molecule has 0 aromatic heterocycles. The van der Waals surface area contributed by atoms with E-state index in [-0.39, 0.29) is 0 Å². The predicted molar refractivity (Wildman–Crippen MR) is 79.3 cm³/mol. The van der Waals surface area contributed by atoms with Gasteiger partial charge in [-0.05, 0) is 6.42 Å². The molecule has 0 aliphatic heterocycles. The summed E-state index contributed by atoms with van der Waals surface area (Å²) in [6.45, 7) is 5.73. The summed E-state index contributed by atoms with van der Waals surface area (Å²) in [6, 6.07) is 0. The number of hydrogen-bond donors (Lipinski definition) is 0. The molecular weight excluding hydrogens is 206 g/mol. The lowest BCUT2D eigenvalue weighted by Gasteiger charge is -2.01. The van der Waals surface area contributed by atoms with Crippen LogP contribution in [-0.2, 0) is 0 Å². The van der Waals surface area contributed by atoms with Crippen LogP contribution in [0.25, 0.3) is 0 Å². The third kappa shape index (κ3) is 13.6. The van der Waals surface area contributed by atoms with Gasteiger partial charge >= 0.3 is 0 Å². The zero-order valence-electron chi connectivity index (χ0n) is 12.5. The molecule has 0 aromatic rings. The molecule has 102 valence electrons. The van der Waals surface area contributed by atoms with Crippen LogP contribution in [0.4, 0.5) is 0 Å². The summed E-state index contributed by atoms with van der Waals surface area (Å²) in [5.41, 5.74) is 0. The second-order valence-electron chi connectivity index (χ2n) is 5.25. The van der Waals surface area contributed by atoms with Crippen LogP contribution in [0.2, 0.25) is 0 Å². The third-order valence-electron chi connectivity index (χ3n) is 3.36. The highest BCUT2D eigenvalue weighted by atomic mass is 14.9. The second kappa shape index (κ2) is 13.7. The monoisotopic (exact) mass is 240 g/mol. The maximum Gasteiger partial charge on any atom is 0.142 e. The van der Waals surface area contributed by atoms with Crippen LogP contribution in [-0.4, -0.2) is 24.4 Å². The van der Waals surface area contributed by atoms with Gasteiger partial charge in [-0.2, -0.15) is 0 Å². The molecule has 0 heterocycles. The Kier molecular flexibility index (Phi) is 13.5. The van der Waals surface area contributed by atoms with E-state index in [2.05, 4.69) is 31.7 Å². The van der Waals surface area contributed by atoms with Crippen molar-refractivity contribution in [1.82, 2.24) is 0 Å². The summed E-state index contributed by atoms with van der Waals surface area (Å²) in [4.78, 5) is 0. The Labute approximate surface area is 109 Å². The molecule has 0 aliphatic rings. The van der Waals surface area contributed by atoms with Gasteiger partial charge in [0.25, 0.3) is 0 Å². The summed E-state index contributed by atoms with van der Waals surface area (Å²) in [7, 11) is 2.19. The van der Waals surface area contributed by atoms with Crippen LogP contribution in [0.1, 0.15) is 84.5 Å². The maximum atomic E-state index is 2.34. The van der Waals surface area contributed by atoms with Crippen LogP contribution < -0.4 is 0 Å². The van der Waals surface area contributed by atoms with E-state index in [1.165, 1.54) is 70.8 Å². The lowest BCUT2D eigenvalue weighted by molar-refractivity contribution is -0.494. The largest absolute Gasteiger partial charge is 0.242 e. The Morgan fingerprint density at radius 1 is 0.706 bits per heavy atom. The van der Waals surface area contributed by atoms with Gasteiger partial charge < -0.3 is 0 Å². The van der Waals surface area contributed by atoms with Crippen molar-refractivity contribution in [3.05, 3.63) is 0 Å². The van der Waals surface area contributed by atoms with Crippen molar-refractivity contribution < 1.29 is 4.58 Å². The van der Waals surface area contributed by atoms with E-state index in [1.54, 1.807) is 0 Å². The average Bonchev–Trinajstić information content (AvgIpc) is 2.32. The van der Waals surface area contributed by atoms with Crippen molar-refractivity contribution in [2.24, 2.45) is 0 Å². The smallest absolute Gasteiger partial charge is 0.142 e. The molecule has 0 aromatic carbocycles. The SMILES string of the molecule is CCC=[N+](C)CCCCCCCCCCCC. The first-order chi connectivity index (χ1) is 8.31. The fourth-order valence-corrected chi connectivity index (χ4v) is 2.25. The molecule has 0 N–H and O–H groups in total. The van der Waals surface area contributed by atoms with E-state index >= 15 is 0 Å². The van der Waals surface area contributed by atoms with E-state index in [9.17, 15) is 0 Å². The van der Waals surface area contributed by atoms with Crippen molar-refractivity contribution >= 4 is 6.21 Å². The number of unbranched alkanes of at least 4 members (excludes halogenated alkanes) is 9. The zero-order chi connectivity index (χ0) is 12.8. The molecule has 0 radical (unpaired) electrons. The minimum Gasteiger partial charge on any atom is -0.242 e. The topological polar surface area (TPSA) is 3.01 Å². The zero-order valence-corrected chi connectivity index (χ0v) is 12.5. The summed E-state index contributed by atoms with van der Waals surface area (Å²) in [5.74, 6) is 0. The van der Waals surface area contributed by atoms with E-state index in [1.807, 2.05) is 0 Å². The molecule has 1 nitrogen and oxygen atoms in total. The van der Waals surface area contributed by atoms with Crippen molar-refractivity contribution in [2.45, 2.75) is 84.5 Å². The quantitative estimate of drug-likeness (QED) is 0.256. The number of nitrogens with zero attached hydrogens (tertiary/aromatic N) is 1. The van der Waals surface area contributed by atoms with E-state index in [0.29, 0.717) is 0 Å². The standard InChI is InChI=1S/C16H34N/c1-4-6-7-8-9-10-11-12-13-14-16-17(3)15-5-2/h15H,4-14,16H2,1-3H3/q+1. The molecule has 17 heavy (non-hydrogen) atoms. The highest BCUT2D eigenvalue weighted by Crippen LogP contribution is 2.10. The lowest BCUT2D eigenvalue weighted by atomic mass is 10.1. The fraction of sp³-hybridized carbons (Fsp3) is 0.938. The Hall–Kier alpha value is -0.330. The average molecular weight is 240 g/mol. The Morgan fingerprint density at radius 2 is 1.18 bits per heavy atom. The molecule has 0 saturated carbocycles. The predicted octanol–water partition coefficient (Wildman–Crippen LogP) is 5.03. The molecule has 1 heteroatoms. The molecule has 0 atom stereocenters. The molecule has 0 spiro atoms. The minimum absolute atomic E-state index is 1.16. The molecule has 0 saturated heterocycles. The highest BCUT2D eigenvalue weighted by Gasteiger charge is 1.96. The van der Waals surface area contributed by atoms with Crippen molar-refractivity contribution in [3.63, 3.8) is 0 Å². The minimum atomic E-state index is 1.16. The molecule has 0 unspecified atom stereocenters. The summed E-state index contributed by atoms with van der Waals surface area (Å²) >= 11 is 0. The third-order valence-corrected chi connectivity index (χ3v) is 3.36. The van der Waals surface area contributed by atoms with Crippen molar-refractivity contribution in [1.29, 1.82) is 0 Å². The number of hydrogen-bond acceptors (Lipinski definition) is 0. The first-order valence-corrected chi connectivity index (χ1v) is 7.84.